The number of hydrogen-bond donors (Lipinski definition) is 1. The number of para-hydroxylation sites is 1. The summed E-state index contributed by atoms with van der Waals surface area (Å²) in [5, 5.41) is 3.09. The predicted octanol–water partition coefficient (Wildman–Crippen LogP) is 4.72. The number of nitrogens with zero attached hydrogens (tertiary/aromatic N) is 1. The van der Waals surface area contributed by atoms with Crippen LogP contribution in [0.5, 0.6) is 0 Å². The first-order valence-corrected chi connectivity index (χ1v) is 7.47. The number of urea groups is 1. The van der Waals surface area contributed by atoms with E-state index in [0.29, 0.717) is 13.1 Å². The van der Waals surface area contributed by atoms with Gasteiger partial charge >= 0.3 is 6.03 Å². The summed E-state index contributed by atoms with van der Waals surface area (Å²) in [7, 11) is 0. The Kier molecular flexibility index (Phi) is 5.59. The van der Waals surface area contributed by atoms with E-state index in [0.717, 1.165) is 22.4 Å². The molecule has 0 unspecified atom stereocenters. The summed E-state index contributed by atoms with van der Waals surface area (Å²) in [6.07, 6.45) is 0. The molecule has 0 aromatic heterocycles. The molecule has 0 aliphatic rings. The summed E-state index contributed by atoms with van der Waals surface area (Å²) in [6.45, 7) is 17.5. The summed E-state index contributed by atoms with van der Waals surface area (Å²) in [6, 6.07) is 6.08. The highest BCUT2D eigenvalue weighted by atomic mass is 16.2. The molecule has 0 atom stereocenters. The van der Waals surface area contributed by atoms with Gasteiger partial charge in [-0.1, -0.05) is 51.1 Å². The van der Waals surface area contributed by atoms with Gasteiger partial charge in [-0.25, -0.2) is 4.79 Å². The lowest BCUT2D eigenvalue weighted by molar-refractivity contribution is 0.218. The molecule has 2 amide bonds. The molecule has 1 rings (SSSR count). The first kappa shape index (κ1) is 17.3. The molecule has 0 aliphatic heterocycles. The minimum Gasteiger partial charge on any atom is -0.321 e. The van der Waals surface area contributed by atoms with E-state index in [1.807, 2.05) is 32.9 Å². The van der Waals surface area contributed by atoms with Gasteiger partial charge in [-0.05, 0) is 37.3 Å². The smallest absolute Gasteiger partial charge is 0.321 e. The fourth-order valence-electron chi connectivity index (χ4n) is 2.30. The van der Waals surface area contributed by atoms with E-state index in [9.17, 15) is 4.79 Å². The third kappa shape index (κ3) is 4.62. The van der Waals surface area contributed by atoms with Gasteiger partial charge in [-0.15, -0.1) is 0 Å². The van der Waals surface area contributed by atoms with E-state index in [4.69, 9.17) is 0 Å². The summed E-state index contributed by atoms with van der Waals surface area (Å²) in [5.41, 5.74) is 4.13. The second-order valence-corrected chi connectivity index (χ2v) is 6.65. The fourth-order valence-corrected chi connectivity index (χ4v) is 2.30. The number of carbonyl (C=O) groups is 1. The lowest BCUT2D eigenvalue weighted by Crippen LogP contribution is -2.36. The molecule has 0 saturated heterocycles. The van der Waals surface area contributed by atoms with Gasteiger partial charge < -0.3 is 10.2 Å². The minimum absolute atomic E-state index is 0.0139. The van der Waals surface area contributed by atoms with E-state index in [1.54, 1.807) is 4.90 Å². The van der Waals surface area contributed by atoms with Gasteiger partial charge in [0.05, 0.1) is 0 Å². The SMILES string of the molecule is C=C(C)CN(CC)C(=O)Nc1c(C)cccc1C(C)(C)C. The summed E-state index contributed by atoms with van der Waals surface area (Å²) < 4.78 is 0. The highest BCUT2D eigenvalue weighted by molar-refractivity contribution is 5.91. The topological polar surface area (TPSA) is 32.3 Å². The summed E-state index contributed by atoms with van der Waals surface area (Å²) >= 11 is 0. The maximum Gasteiger partial charge on any atom is 0.322 e. The molecular weight excluding hydrogens is 260 g/mol. The molecule has 3 heteroatoms. The number of rotatable bonds is 4. The Morgan fingerprint density at radius 3 is 2.43 bits per heavy atom. The molecule has 0 heterocycles. The number of likely N-dealkylation sites (N-methyl/N-ethyl adjacent to an activating group) is 1. The molecule has 1 aromatic carbocycles. The Bertz CT molecular complexity index is 527. The molecule has 0 saturated carbocycles. The van der Waals surface area contributed by atoms with Gasteiger partial charge in [-0.2, -0.15) is 0 Å². The molecule has 0 radical (unpaired) electrons. The number of amides is 2. The van der Waals surface area contributed by atoms with Crippen molar-refractivity contribution in [2.24, 2.45) is 0 Å². The average molecular weight is 288 g/mol. The first-order chi connectivity index (χ1) is 9.66. The molecule has 1 N–H and O–H groups in total. The van der Waals surface area contributed by atoms with Crippen LogP contribution in [-0.4, -0.2) is 24.0 Å². The van der Waals surface area contributed by atoms with Crippen molar-refractivity contribution in [3.8, 4) is 0 Å². The molecule has 0 bridgehead atoms. The van der Waals surface area contributed by atoms with Crippen molar-refractivity contribution in [2.75, 3.05) is 18.4 Å². The van der Waals surface area contributed by atoms with Crippen molar-refractivity contribution in [1.82, 2.24) is 4.90 Å². The highest BCUT2D eigenvalue weighted by Gasteiger charge is 2.21. The van der Waals surface area contributed by atoms with Crippen molar-refractivity contribution in [1.29, 1.82) is 0 Å². The van der Waals surface area contributed by atoms with Crippen molar-refractivity contribution in [3.05, 3.63) is 41.5 Å². The Hall–Kier alpha value is -1.77. The van der Waals surface area contributed by atoms with Crippen LogP contribution in [0.3, 0.4) is 0 Å². The van der Waals surface area contributed by atoms with Crippen LogP contribution in [0.2, 0.25) is 0 Å². The van der Waals surface area contributed by atoms with Crippen molar-refractivity contribution >= 4 is 11.7 Å². The van der Waals surface area contributed by atoms with Crippen molar-refractivity contribution in [2.45, 2.75) is 47.0 Å². The van der Waals surface area contributed by atoms with E-state index < -0.39 is 0 Å². The van der Waals surface area contributed by atoms with E-state index in [1.165, 1.54) is 0 Å². The highest BCUT2D eigenvalue weighted by Crippen LogP contribution is 2.32. The maximum absolute atomic E-state index is 12.5. The van der Waals surface area contributed by atoms with Crippen LogP contribution in [0, 0.1) is 6.92 Å². The molecule has 0 spiro atoms. The monoisotopic (exact) mass is 288 g/mol. The van der Waals surface area contributed by atoms with Crippen LogP contribution < -0.4 is 5.32 Å². The second-order valence-electron chi connectivity index (χ2n) is 6.65. The van der Waals surface area contributed by atoms with Crippen LogP contribution in [0.1, 0.15) is 45.7 Å². The van der Waals surface area contributed by atoms with E-state index >= 15 is 0 Å². The third-order valence-electron chi connectivity index (χ3n) is 3.44. The second kappa shape index (κ2) is 6.79. The first-order valence-electron chi connectivity index (χ1n) is 7.47. The normalized spacial score (nSPS) is 11.1. The number of carbonyl (C=O) groups excluding carboxylic acids is 1. The minimum atomic E-state index is -0.0692. The fraction of sp³-hybridized carbons (Fsp3) is 0.500. The average Bonchev–Trinajstić information content (AvgIpc) is 2.36. The van der Waals surface area contributed by atoms with Gasteiger partial charge in [-0.3, -0.25) is 0 Å². The quantitative estimate of drug-likeness (QED) is 0.799. The summed E-state index contributed by atoms with van der Waals surface area (Å²) in [4.78, 5) is 14.2. The maximum atomic E-state index is 12.5. The van der Waals surface area contributed by atoms with Crippen LogP contribution in [0.4, 0.5) is 10.5 Å². The van der Waals surface area contributed by atoms with Crippen LogP contribution in [-0.2, 0) is 5.41 Å². The Balaban J connectivity index is 3.07. The van der Waals surface area contributed by atoms with Gasteiger partial charge in [0.1, 0.15) is 0 Å². The molecule has 21 heavy (non-hydrogen) atoms. The van der Waals surface area contributed by atoms with Gasteiger partial charge in [0.2, 0.25) is 0 Å². The Labute approximate surface area is 129 Å². The number of aryl methyl sites for hydroxylation is 1. The molecule has 0 aliphatic carbocycles. The van der Waals surface area contributed by atoms with E-state index in [2.05, 4.69) is 38.7 Å². The van der Waals surface area contributed by atoms with Gasteiger partial charge in [0, 0.05) is 18.8 Å². The standard InChI is InChI=1S/C18H28N2O/c1-8-20(12-13(2)3)17(21)19-16-14(4)10-9-11-15(16)18(5,6)7/h9-11H,2,8,12H2,1,3-7H3,(H,19,21). The molecule has 116 valence electrons. The zero-order valence-corrected chi connectivity index (χ0v) is 14.2. The molecule has 3 nitrogen and oxygen atoms in total. The number of anilines is 1. The van der Waals surface area contributed by atoms with Crippen LogP contribution >= 0.6 is 0 Å². The number of nitrogens with one attached hydrogen (secondary N) is 1. The van der Waals surface area contributed by atoms with E-state index in [-0.39, 0.29) is 11.4 Å². The largest absolute Gasteiger partial charge is 0.322 e. The van der Waals surface area contributed by atoms with Gasteiger partial charge in [0.25, 0.3) is 0 Å². The predicted molar refractivity (Wildman–Crippen MR) is 91.0 cm³/mol. The molecule has 0 fully saturated rings. The lowest BCUT2D eigenvalue weighted by atomic mass is 9.84. The van der Waals surface area contributed by atoms with Crippen LogP contribution in [0.15, 0.2) is 30.4 Å². The zero-order valence-electron chi connectivity index (χ0n) is 14.2. The molecular formula is C18H28N2O. The summed E-state index contributed by atoms with van der Waals surface area (Å²) in [5.74, 6) is 0. The van der Waals surface area contributed by atoms with Crippen molar-refractivity contribution in [3.63, 3.8) is 0 Å². The van der Waals surface area contributed by atoms with Gasteiger partial charge in [0.15, 0.2) is 0 Å². The lowest BCUT2D eigenvalue weighted by Gasteiger charge is -2.27. The number of benzene rings is 1. The number of hydrogen-bond acceptors (Lipinski definition) is 1. The molecule has 1 aromatic rings. The Morgan fingerprint density at radius 1 is 1.33 bits per heavy atom. The van der Waals surface area contributed by atoms with Crippen molar-refractivity contribution < 1.29 is 4.79 Å². The zero-order chi connectivity index (χ0) is 16.2. The third-order valence-corrected chi connectivity index (χ3v) is 3.44. The Morgan fingerprint density at radius 2 is 1.95 bits per heavy atom. The van der Waals surface area contributed by atoms with Crippen LogP contribution in [0.25, 0.3) is 0 Å².